The van der Waals surface area contributed by atoms with Crippen molar-refractivity contribution in [2.24, 2.45) is 0 Å². The lowest BCUT2D eigenvalue weighted by Gasteiger charge is -2.08. The Balaban J connectivity index is 2.16. The zero-order valence-electron chi connectivity index (χ0n) is 12.9. The first-order valence-electron chi connectivity index (χ1n) is 7.58. The van der Waals surface area contributed by atoms with Crippen LogP contribution < -0.4 is 5.32 Å². The van der Waals surface area contributed by atoms with Gasteiger partial charge in [-0.25, -0.2) is 0 Å². The average molecular weight is 291 g/mol. The number of carbonyl (C=O) groups is 2. The molecule has 0 fully saturated rings. The van der Waals surface area contributed by atoms with E-state index in [9.17, 15) is 9.59 Å². The summed E-state index contributed by atoms with van der Waals surface area (Å²) in [6.07, 6.45) is 4.91. The van der Waals surface area contributed by atoms with Gasteiger partial charge in [-0.2, -0.15) is 0 Å². The van der Waals surface area contributed by atoms with Gasteiger partial charge in [0.25, 0.3) is 5.91 Å². The molecule has 0 radical (unpaired) electrons. The van der Waals surface area contributed by atoms with E-state index in [2.05, 4.69) is 5.32 Å². The molecule has 1 aromatic carbocycles. The number of carboxylic acid groups (broad SMARTS) is 1. The fourth-order valence-corrected chi connectivity index (χ4v) is 2.21. The van der Waals surface area contributed by atoms with Crippen molar-refractivity contribution in [3.63, 3.8) is 0 Å². The van der Waals surface area contributed by atoms with Gasteiger partial charge in [0.2, 0.25) is 0 Å². The van der Waals surface area contributed by atoms with Gasteiger partial charge in [0, 0.05) is 18.5 Å². The first-order valence-corrected chi connectivity index (χ1v) is 7.58. The molecule has 2 N–H and O–H groups in total. The summed E-state index contributed by atoms with van der Waals surface area (Å²) >= 11 is 0. The quantitative estimate of drug-likeness (QED) is 0.685. The van der Waals surface area contributed by atoms with Gasteiger partial charge < -0.3 is 10.4 Å². The fourth-order valence-electron chi connectivity index (χ4n) is 2.21. The van der Waals surface area contributed by atoms with E-state index < -0.39 is 5.97 Å². The zero-order valence-corrected chi connectivity index (χ0v) is 12.9. The van der Waals surface area contributed by atoms with E-state index in [-0.39, 0.29) is 12.3 Å². The number of aryl methyl sites for hydroxylation is 2. The van der Waals surface area contributed by atoms with Crippen LogP contribution in [0, 0.1) is 13.8 Å². The first-order chi connectivity index (χ1) is 10.0. The molecule has 1 rings (SSSR count). The summed E-state index contributed by atoms with van der Waals surface area (Å²) in [4.78, 5) is 22.4. The van der Waals surface area contributed by atoms with E-state index in [0.717, 1.165) is 48.8 Å². The number of amides is 1. The Bertz CT molecular complexity index is 483. The van der Waals surface area contributed by atoms with Crippen molar-refractivity contribution in [3.05, 3.63) is 34.9 Å². The molecule has 1 amide bonds. The molecule has 0 saturated carbocycles. The van der Waals surface area contributed by atoms with Crippen LogP contribution in [0.3, 0.4) is 0 Å². The number of hydrogen-bond donors (Lipinski definition) is 2. The van der Waals surface area contributed by atoms with Gasteiger partial charge in [0.05, 0.1) is 0 Å². The topological polar surface area (TPSA) is 66.4 Å². The van der Waals surface area contributed by atoms with Crippen LogP contribution in [0.2, 0.25) is 0 Å². The number of carbonyl (C=O) groups excluding carboxylic acids is 1. The highest BCUT2D eigenvalue weighted by Gasteiger charge is 2.08. The molecule has 0 aliphatic heterocycles. The molecule has 0 heterocycles. The number of benzene rings is 1. The number of aliphatic carboxylic acids is 1. The third-order valence-electron chi connectivity index (χ3n) is 3.49. The molecule has 0 atom stereocenters. The second-order valence-electron chi connectivity index (χ2n) is 5.49. The predicted octanol–water partition coefficient (Wildman–Crippen LogP) is 3.46. The van der Waals surface area contributed by atoms with Gasteiger partial charge in [-0.3, -0.25) is 9.59 Å². The lowest BCUT2D eigenvalue weighted by Crippen LogP contribution is -2.25. The number of rotatable bonds is 9. The molecule has 4 nitrogen and oxygen atoms in total. The number of unbranched alkanes of at least 4 members (excludes halogenated alkanes) is 4. The molecule has 4 heteroatoms. The second kappa shape index (κ2) is 9.16. The maximum Gasteiger partial charge on any atom is 0.303 e. The Labute approximate surface area is 126 Å². The molecule has 0 spiro atoms. The first kappa shape index (κ1) is 17.2. The van der Waals surface area contributed by atoms with Crippen molar-refractivity contribution in [2.75, 3.05) is 6.54 Å². The fraction of sp³-hybridized carbons (Fsp3) is 0.529. The minimum absolute atomic E-state index is 0.0120. The normalized spacial score (nSPS) is 10.4. The van der Waals surface area contributed by atoms with Crippen LogP contribution in [0.25, 0.3) is 0 Å². The van der Waals surface area contributed by atoms with E-state index in [0.29, 0.717) is 6.54 Å². The number of nitrogens with one attached hydrogen (secondary N) is 1. The van der Waals surface area contributed by atoms with Crippen molar-refractivity contribution in [2.45, 2.75) is 52.4 Å². The minimum Gasteiger partial charge on any atom is -0.481 e. The molecule has 0 aliphatic rings. The van der Waals surface area contributed by atoms with Gasteiger partial charge in [-0.15, -0.1) is 0 Å². The summed E-state index contributed by atoms with van der Waals surface area (Å²) in [5, 5.41) is 11.5. The van der Waals surface area contributed by atoms with Crippen LogP contribution in [0.4, 0.5) is 0 Å². The molecule has 0 aliphatic carbocycles. The van der Waals surface area contributed by atoms with Crippen LogP contribution in [-0.4, -0.2) is 23.5 Å². The Morgan fingerprint density at radius 2 is 1.71 bits per heavy atom. The van der Waals surface area contributed by atoms with E-state index in [1.807, 2.05) is 32.0 Å². The van der Waals surface area contributed by atoms with Gasteiger partial charge in [0.15, 0.2) is 0 Å². The Hall–Kier alpha value is -1.84. The molecule has 0 bridgehead atoms. The summed E-state index contributed by atoms with van der Waals surface area (Å²) in [5.41, 5.74) is 2.83. The lowest BCUT2D eigenvalue weighted by atomic mass is 10.0. The van der Waals surface area contributed by atoms with E-state index in [1.165, 1.54) is 0 Å². The summed E-state index contributed by atoms with van der Waals surface area (Å²) in [7, 11) is 0. The van der Waals surface area contributed by atoms with Crippen LogP contribution >= 0.6 is 0 Å². The van der Waals surface area contributed by atoms with Crippen molar-refractivity contribution < 1.29 is 14.7 Å². The smallest absolute Gasteiger partial charge is 0.303 e. The van der Waals surface area contributed by atoms with E-state index in [1.54, 1.807) is 0 Å². The van der Waals surface area contributed by atoms with Crippen molar-refractivity contribution >= 4 is 11.9 Å². The van der Waals surface area contributed by atoms with Gasteiger partial charge in [-0.1, -0.05) is 37.0 Å². The Morgan fingerprint density at radius 1 is 1.05 bits per heavy atom. The lowest BCUT2D eigenvalue weighted by molar-refractivity contribution is -0.137. The maximum atomic E-state index is 12.1. The largest absolute Gasteiger partial charge is 0.481 e. The molecule has 0 saturated heterocycles. The van der Waals surface area contributed by atoms with E-state index in [4.69, 9.17) is 5.11 Å². The molecule has 116 valence electrons. The highest BCUT2D eigenvalue weighted by molar-refractivity contribution is 5.95. The summed E-state index contributed by atoms with van der Waals surface area (Å²) in [6, 6.07) is 5.88. The highest BCUT2D eigenvalue weighted by Crippen LogP contribution is 2.10. The van der Waals surface area contributed by atoms with Crippen molar-refractivity contribution in [1.82, 2.24) is 5.32 Å². The Morgan fingerprint density at radius 3 is 2.43 bits per heavy atom. The van der Waals surface area contributed by atoms with E-state index >= 15 is 0 Å². The van der Waals surface area contributed by atoms with Crippen molar-refractivity contribution in [3.8, 4) is 0 Å². The van der Waals surface area contributed by atoms with Crippen molar-refractivity contribution in [1.29, 1.82) is 0 Å². The van der Waals surface area contributed by atoms with Crippen LogP contribution in [-0.2, 0) is 4.79 Å². The number of carboxylic acids is 1. The average Bonchev–Trinajstić information content (AvgIpc) is 2.43. The minimum atomic E-state index is -0.726. The molecule has 0 aromatic heterocycles. The monoisotopic (exact) mass is 291 g/mol. The molecule has 1 aromatic rings. The van der Waals surface area contributed by atoms with Crippen LogP contribution in [0.15, 0.2) is 18.2 Å². The molecular formula is C17H25NO3. The standard InChI is InChI=1S/C17H25NO3/c1-13-9-10-14(2)15(12-13)17(21)18-11-7-5-3-4-6-8-16(19)20/h9-10,12H,3-8,11H2,1-2H3,(H,18,21)(H,19,20). The summed E-state index contributed by atoms with van der Waals surface area (Å²) < 4.78 is 0. The molecular weight excluding hydrogens is 266 g/mol. The SMILES string of the molecule is Cc1ccc(C)c(C(=O)NCCCCCCCC(=O)O)c1. The summed E-state index contributed by atoms with van der Waals surface area (Å²) in [6.45, 7) is 4.59. The predicted molar refractivity (Wildman–Crippen MR) is 83.6 cm³/mol. The maximum absolute atomic E-state index is 12.1. The third-order valence-corrected chi connectivity index (χ3v) is 3.49. The van der Waals surface area contributed by atoms with Crippen LogP contribution in [0.1, 0.15) is 60.0 Å². The van der Waals surface area contributed by atoms with Gasteiger partial charge in [0.1, 0.15) is 0 Å². The van der Waals surface area contributed by atoms with Gasteiger partial charge >= 0.3 is 5.97 Å². The summed E-state index contributed by atoms with van der Waals surface area (Å²) in [5.74, 6) is -0.738. The second-order valence-corrected chi connectivity index (χ2v) is 5.49. The number of hydrogen-bond acceptors (Lipinski definition) is 2. The molecule has 0 unspecified atom stereocenters. The highest BCUT2D eigenvalue weighted by atomic mass is 16.4. The Kier molecular flexibility index (Phi) is 7.51. The zero-order chi connectivity index (χ0) is 15.7. The van der Waals surface area contributed by atoms with Gasteiger partial charge in [-0.05, 0) is 38.3 Å². The third kappa shape index (κ3) is 6.93. The molecule has 21 heavy (non-hydrogen) atoms. The van der Waals surface area contributed by atoms with Crippen LogP contribution in [0.5, 0.6) is 0 Å².